The van der Waals surface area contributed by atoms with Crippen molar-refractivity contribution >= 4 is 5.97 Å². The van der Waals surface area contributed by atoms with Gasteiger partial charge in [-0.2, -0.15) is 5.21 Å². The summed E-state index contributed by atoms with van der Waals surface area (Å²) >= 11 is 0. The molecule has 1 aliphatic heterocycles. The smallest absolute Gasteiger partial charge is 0.320 e. The van der Waals surface area contributed by atoms with E-state index in [2.05, 4.69) is 50.2 Å². The lowest BCUT2D eigenvalue weighted by atomic mass is 9.68. The second-order valence-electron chi connectivity index (χ2n) is 7.31. The molecule has 4 rings (SSSR count). The minimum atomic E-state index is -0.716. The van der Waals surface area contributed by atoms with E-state index in [-0.39, 0.29) is 6.04 Å². The molecule has 3 N–H and O–H groups in total. The van der Waals surface area contributed by atoms with Gasteiger partial charge in [0.1, 0.15) is 6.04 Å². The molecule has 0 bridgehead atoms. The number of hydrogen-bond donors (Lipinski definition) is 3. The van der Waals surface area contributed by atoms with Gasteiger partial charge in [-0.3, -0.25) is 4.79 Å². The van der Waals surface area contributed by atoms with Gasteiger partial charge in [0, 0.05) is 6.42 Å². The van der Waals surface area contributed by atoms with Crippen molar-refractivity contribution in [2.45, 2.75) is 44.1 Å². The number of piperidine rings is 1. The Balaban J connectivity index is 1.41. The number of fused-ring (bicyclic) bond motifs is 1. The molecular formula is C18H23N5O2. The molecule has 2 heterocycles. The third kappa shape index (κ3) is 3.56. The highest BCUT2D eigenvalue weighted by Crippen LogP contribution is 2.42. The van der Waals surface area contributed by atoms with Crippen LogP contribution in [0, 0.1) is 11.8 Å². The highest BCUT2D eigenvalue weighted by atomic mass is 16.4. The van der Waals surface area contributed by atoms with Gasteiger partial charge in [0.2, 0.25) is 0 Å². The molecule has 1 aromatic heterocycles. The summed E-state index contributed by atoms with van der Waals surface area (Å²) in [4.78, 5) is 11.3. The number of carbonyl (C=O) groups is 1. The van der Waals surface area contributed by atoms with Gasteiger partial charge >= 0.3 is 5.97 Å². The normalized spacial score (nSPS) is 29.1. The van der Waals surface area contributed by atoms with Crippen LogP contribution in [0.3, 0.4) is 0 Å². The van der Waals surface area contributed by atoms with Gasteiger partial charge in [0.05, 0.1) is 0 Å². The summed E-state index contributed by atoms with van der Waals surface area (Å²) in [6.07, 6.45) is 4.90. The Morgan fingerprint density at radius 3 is 2.72 bits per heavy atom. The predicted molar refractivity (Wildman–Crippen MR) is 91.0 cm³/mol. The Labute approximate surface area is 146 Å². The number of aromatic amines is 1. The average molecular weight is 341 g/mol. The first-order valence-corrected chi connectivity index (χ1v) is 8.96. The number of nitrogens with zero attached hydrogens (tertiary/aromatic N) is 3. The van der Waals surface area contributed by atoms with E-state index in [0.29, 0.717) is 30.0 Å². The van der Waals surface area contributed by atoms with Gasteiger partial charge in [-0.25, -0.2) is 0 Å². The van der Waals surface area contributed by atoms with E-state index in [1.54, 1.807) is 0 Å². The summed E-state index contributed by atoms with van der Waals surface area (Å²) in [6, 6.07) is 8.31. The second kappa shape index (κ2) is 6.92. The van der Waals surface area contributed by atoms with Crippen LogP contribution in [0.5, 0.6) is 0 Å². The van der Waals surface area contributed by atoms with Crippen LogP contribution in [0.2, 0.25) is 0 Å². The average Bonchev–Trinajstić information content (AvgIpc) is 3.14. The Morgan fingerprint density at radius 2 is 2.00 bits per heavy atom. The zero-order chi connectivity index (χ0) is 17.2. The monoisotopic (exact) mass is 341 g/mol. The molecule has 7 heteroatoms. The molecule has 2 fully saturated rings. The number of aliphatic carboxylic acids is 1. The van der Waals surface area contributed by atoms with Crippen LogP contribution in [-0.2, 0) is 11.2 Å². The number of tetrazole rings is 1. The number of rotatable bonds is 4. The van der Waals surface area contributed by atoms with E-state index in [9.17, 15) is 9.90 Å². The topological polar surface area (TPSA) is 104 Å². The van der Waals surface area contributed by atoms with Crippen molar-refractivity contribution in [2.75, 3.05) is 6.54 Å². The molecule has 4 atom stereocenters. The van der Waals surface area contributed by atoms with Gasteiger partial charge < -0.3 is 10.4 Å². The number of benzene rings is 1. The fourth-order valence-electron chi connectivity index (χ4n) is 4.40. The predicted octanol–water partition coefficient (Wildman–Crippen LogP) is 1.74. The first-order chi connectivity index (χ1) is 12.2. The number of nitrogens with one attached hydrogen (secondary N) is 2. The lowest BCUT2D eigenvalue weighted by molar-refractivity contribution is -0.141. The minimum absolute atomic E-state index is 0.377. The largest absolute Gasteiger partial charge is 0.480 e. The summed E-state index contributed by atoms with van der Waals surface area (Å²) in [5.41, 5.74) is 2.53. The third-order valence-electron chi connectivity index (χ3n) is 5.81. The quantitative estimate of drug-likeness (QED) is 0.782. The molecule has 132 valence electrons. The van der Waals surface area contributed by atoms with Crippen molar-refractivity contribution in [3.05, 3.63) is 41.2 Å². The van der Waals surface area contributed by atoms with E-state index in [0.717, 1.165) is 19.4 Å². The number of aromatic nitrogens is 4. The van der Waals surface area contributed by atoms with Crippen molar-refractivity contribution in [3.8, 4) is 0 Å². The Hall–Kier alpha value is -2.28. The van der Waals surface area contributed by atoms with Crippen LogP contribution >= 0.6 is 0 Å². The van der Waals surface area contributed by atoms with E-state index < -0.39 is 5.97 Å². The Kier molecular flexibility index (Phi) is 4.48. The zero-order valence-electron chi connectivity index (χ0n) is 14.1. The molecule has 2 aromatic rings. The molecule has 7 nitrogen and oxygen atoms in total. The lowest BCUT2D eigenvalue weighted by Gasteiger charge is -2.41. The van der Waals surface area contributed by atoms with Gasteiger partial charge in [0.15, 0.2) is 5.82 Å². The van der Waals surface area contributed by atoms with Gasteiger partial charge in [-0.15, -0.1) is 10.2 Å². The highest BCUT2D eigenvalue weighted by Gasteiger charge is 2.37. The van der Waals surface area contributed by atoms with Crippen molar-refractivity contribution in [1.82, 2.24) is 25.9 Å². The molecule has 0 amide bonds. The van der Waals surface area contributed by atoms with Crippen molar-refractivity contribution in [1.29, 1.82) is 0 Å². The van der Waals surface area contributed by atoms with E-state index >= 15 is 0 Å². The van der Waals surface area contributed by atoms with E-state index in [1.165, 1.54) is 24.0 Å². The molecule has 0 radical (unpaired) electrons. The van der Waals surface area contributed by atoms with Gasteiger partial charge in [-0.1, -0.05) is 29.5 Å². The number of carboxylic acids is 1. The molecule has 1 saturated heterocycles. The van der Waals surface area contributed by atoms with Crippen molar-refractivity contribution in [2.24, 2.45) is 11.8 Å². The van der Waals surface area contributed by atoms with E-state index in [4.69, 9.17) is 0 Å². The van der Waals surface area contributed by atoms with Crippen LogP contribution in [0.4, 0.5) is 0 Å². The number of H-pyrrole nitrogens is 1. The third-order valence-corrected chi connectivity index (χ3v) is 5.81. The van der Waals surface area contributed by atoms with Crippen molar-refractivity contribution in [3.63, 3.8) is 0 Å². The summed E-state index contributed by atoms with van der Waals surface area (Å²) in [6.45, 7) is 0.845. The molecule has 1 aromatic carbocycles. The maximum atomic E-state index is 11.3. The summed E-state index contributed by atoms with van der Waals surface area (Å²) < 4.78 is 0. The Morgan fingerprint density at radius 1 is 1.16 bits per heavy atom. The van der Waals surface area contributed by atoms with Crippen molar-refractivity contribution < 1.29 is 9.90 Å². The van der Waals surface area contributed by atoms with Crippen LogP contribution in [0.15, 0.2) is 24.3 Å². The molecule has 1 aliphatic carbocycles. The lowest BCUT2D eigenvalue weighted by Crippen LogP contribution is -2.49. The second-order valence-corrected chi connectivity index (χ2v) is 7.31. The first-order valence-electron chi connectivity index (χ1n) is 8.96. The minimum Gasteiger partial charge on any atom is -0.480 e. The highest BCUT2D eigenvalue weighted by molar-refractivity contribution is 5.73. The molecule has 0 spiro atoms. The maximum Gasteiger partial charge on any atom is 0.320 e. The number of carboxylic acid groups (broad SMARTS) is 1. The first kappa shape index (κ1) is 16.2. The molecular weight excluding hydrogens is 318 g/mol. The molecule has 25 heavy (non-hydrogen) atoms. The van der Waals surface area contributed by atoms with Gasteiger partial charge in [-0.05, 0) is 61.1 Å². The van der Waals surface area contributed by atoms with Crippen LogP contribution in [0.1, 0.15) is 48.6 Å². The fraction of sp³-hybridized carbons (Fsp3) is 0.556. The summed E-state index contributed by atoms with van der Waals surface area (Å²) in [5, 5.41) is 26.5. The van der Waals surface area contributed by atoms with Crippen LogP contribution in [0.25, 0.3) is 0 Å². The van der Waals surface area contributed by atoms with Crippen LogP contribution in [-0.4, -0.2) is 44.3 Å². The summed E-state index contributed by atoms with van der Waals surface area (Å²) in [7, 11) is 0. The standard InChI is InChI=1S/C18H23N5O2/c24-18(25)16-9-15-8-13(5-6-14(15)10-19-16)12-3-1-11(2-4-12)7-17-20-22-23-21-17/h1-4,13-16,19H,5-10H2,(H,24,25)(H,20,21,22,23)/t13-,14-,15+,16-/m0/s1. The van der Waals surface area contributed by atoms with E-state index in [1.807, 2.05) is 0 Å². The molecule has 2 aliphatic rings. The Bertz CT molecular complexity index is 716. The summed E-state index contributed by atoms with van der Waals surface area (Å²) in [5.74, 6) is 1.66. The van der Waals surface area contributed by atoms with Gasteiger partial charge in [0.25, 0.3) is 0 Å². The number of hydrogen-bond acceptors (Lipinski definition) is 5. The molecule has 0 unspecified atom stereocenters. The zero-order valence-corrected chi connectivity index (χ0v) is 14.1. The van der Waals surface area contributed by atoms with Crippen LogP contribution < -0.4 is 5.32 Å². The molecule has 1 saturated carbocycles. The maximum absolute atomic E-state index is 11.3. The fourth-order valence-corrected chi connectivity index (χ4v) is 4.40. The SMILES string of the molecule is O=C(O)[C@@H]1C[C@H]2C[C@@H](c3ccc(Cc4nn[nH]n4)cc3)CC[C@H]2CN1.